The summed E-state index contributed by atoms with van der Waals surface area (Å²) >= 11 is 0. The predicted molar refractivity (Wildman–Crippen MR) is 80.0 cm³/mol. The molecular weight excluding hydrogens is 252 g/mol. The summed E-state index contributed by atoms with van der Waals surface area (Å²) in [6, 6.07) is 10.7. The highest BCUT2D eigenvalue weighted by atomic mass is 16.2. The Bertz CT molecular complexity index is 702. The van der Waals surface area contributed by atoms with Crippen molar-refractivity contribution in [3.8, 4) is 0 Å². The topological polar surface area (TPSA) is 51.1 Å². The second-order valence-corrected chi connectivity index (χ2v) is 4.89. The zero-order chi connectivity index (χ0) is 14.7. The van der Waals surface area contributed by atoms with Gasteiger partial charge in [-0.1, -0.05) is 18.2 Å². The maximum absolute atomic E-state index is 12.1. The van der Waals surface area contributed by atoms with E-state index in [1.807, 2.05) is 45.0 Å². The Kier molecular flexibility index (Phi) is 4.03. The molecule has 1 N–H and O–H groups in total. The van der Waals surface area contributed by atoms with E-state index in [9.17, 15) is 9.59 Å². The molecule has 0 radical (unpaired) electrons. The van der Waals surface area contributed by atoms with Gasteiger partial charge in [0.1, 0.15) is 6.54 Å². The van der Waals surface area contributed by atoms with Crippen molar-refractivity contribution in [2.75, 3.05) is 5.32 Å². The van der Waals surface area contributed by atoms with Crippen LogP contribution >= 0.6 is 0 Å². The summed E-state index contributed by atoms with van der Waals surface area (Å²) in [4.78, 5) is 23.8. The molecule has 1 amide bonds. The first-order valence-electron chi connectivity index (χ1n) is 6.51. The lowest BCUT2D eigenvalue weighted by molar-refractivity contribution is -0.116. The Labute approximate surface area is 118 Å². The van der Waals surface area contributed by atoms with Crippen molar-refractivity contribution in [2.24, 2.45) is 0 Å². The quantitative estimate of drug-likeness (QED) is 0.931. The molecule has 1 heterocycles. The molecule has 0 atom stereocenters. The van der Waals surface area contributed by atoms with E-state index in [2.05, 4.69) is 5.32 Å². The molecular formula is C16H18N2O2. The summed E-state index contributed by atoms with van der Waals surface area (Å²) in [6.07, 6.45) is 0. The number of hydrogen-bond acceptors (Lipinski definition) is 2. The first-order valence-corrected chi connectivity index (χ1v) is 6.51. The average molecular weight is 270 g/mol. The van der Waals surface area contributed by atoms with E-state index in [1.165, 1.54) is 10.6 Å². The number of amides is 1. The normalized spacial score (nSPS) is 10.3. The number of rotatable bonds is 3. The van der Waals surface area contributed by atoms with Gasteiger partial charge < -0.3 is 9.88 Å². The maximum atomic E-state index is 12.1. The molecule has 0 bridgehead atoms. The number of benzene rings is 1. The smallest absolute Gasteiger partial charge is 0.251 e. The third-order valence-electron chi connectivity index (χ3n) is 3.45. The highest BCUT2D eigenvalue weighted by Crippen LogP contribution is 2.17. The van der Waals surface area contributed by atoms with Gasteiger partial charge >= 0.3 is 0 Å². The Morgan fingerprint density at radius 3 is 2.50 bits per heavy atom. The van der Waals surface area contributed by atoms with Crippen LogP contribution in [0.15, 0.2) is 41.2 Å². The number of anilines is 1. The van der Waals surface area contributed by atoms with Crippen molar-refractivity contribution in [1.29, 1.82) is 0 Å². The van der Waals surface area contributed by atoms with Gasteiger partial charge in [-0.05, 0) is 44.0 Å². The number of aryl methyl sites for hydroxylation is 2. The second-order valence-electron chi connectivity index (χ2n) is 4.89. The van der Waals surface area contributed by atoms with Gasteiger partial charge in [0.25, 0.3) is 5.56 Å². The molecule has 2 rings (SSSR count). The summed E-state index contributed by atoms with van der Waals surface area (Å²) in [5.74, 6) is -0.199. The fourth-order valence-corrected chi connectivity index (χ4v) is 2.05. The fraction of sp³-hybridized carbons (Fsp3) is 0.250. The number of aromatic nitrogens is 1. The Hall–Kier alpha value is -2.36. The van der Waals surface area contributed by atoms with Gasteiger partial charge in [0.05, 0.1) is 0 Å². The number of carbonyl (C=O) groups is 1. The minimum Gasteiger partial charge on any atom is -0.324 e. The van der Waals surface area contributed by atoms with Crippen molar-refractivity contribution in [3.63, 3.8) is 0 Å². The maximum Gasteiger partial charge on any atom is 0.251 e. The summed E-state index contributed by atoms with van der Waals surface area (Å²) in [5, 5.41) is 2.86. The van der Waals surface area contributed by atoms with E-state index in [4.69, 9.17) is 0 Å². The van der Waals surface area contributed by atoms with Gasteiger partial charge in [-0.15, -0.1) is 0 Å². The summed E-state index contributed by atoms with van der Waals surface area (Å²) < 4.78 is 1.46. The van der Waals surface area contributed by atoms with E-state index in [1.54, 1.807) is 6.07 Å². The Morgan fingerprint density at radius 2 is 1.80 bits per heavy atom. The van der Waals surface area contributed by atoms with Crippen molar-refractivity contribution in [2.45, 2.75) is 27.3 Å². The van der Waals surface area contributed by atoms with Crippen LogP contribution < -0.4 is 10.9 Å². The fourth-order valence-electron chi connectivity index (χ4n) is 2.05. The highest BCUT2D eigenvalue weighted by molar-refractivity contribution is 5.91. The molecule has 20 heavy (non-hydrogen) atoms. The molecule has 0 saturated heterocycles. The molecule has 4 heteroatoms. The van der Waals surface area contributed by atoms with Gasteiger partial charge in [0, 0.05) is 17.4 Å². The van der Waals surface area contributed by atoms with E-state index in [0.29, 0.717) is 0 Å². The highest BCUT2D eigenvalue weighted by Gasteiger charge is 2.08. The molecule has 0 aliphatic heterocycles. The van der Waals surface area contributed by atoms with Gasteiger partial charge in [-0.25, -0.2) is 0 Å². The largest absolute Gasteiger partial charge is 0.324 e. The lowest BCUT2D eigenvalue weighted by atomic mass is 10.1. The zero-order valence-electron chi connectivity index (χ0n) is 11.9. The zero-order valence-corrected chi connectivity index (χ0v) is 11.9. The molecule has 0 fully saturated rings. The summed E-state index contributed by atoms with van der Waals surface area (Å²) in [6.45, 7) is 5.80. The summed E-state index contributed by atoms with van der Waals surface area (Å²) in [5.41, 5.74) is 3.56. The number of carbonyl (C=O) groups excluding carboxylic acids is 1. The SMILES string of the molecule is Cc1cccc(NC(=O)Cn2c(C)cccc2=O)c1C. The van der Waals surface area contributed by atoms with Gasteiger partial charge in [0.15, 0.2) is 0 Å². The molecule has 4 nitrogen and oxygen atoms in total. The van der Waals surface area contributed by atoms with E-state index < -0.39 is 0 Å². The standard InChI is InChI=1S/C16H18N2O2/c1-11-6-4-8-14(13(11)3)17-15(19)10-18-12(2)7-5-9-16(18)20/h4-9H,10H2,1-3H3,(H,17,19). The number of nitrogens with zero attached hydrogens (tertiary/aromatic N) is 1. The first-order chi connectivity index (χ1) is 9.49. The van der Waals surface area contributed by atoms with Crippen LogP contribution in [-0.4, -0.2) is 10.5 Å². The summed E-state index contributed by atoms with van der Waals surface area (Å²) in [7, 11) is 0. The number of pyridine rings is 1. The van der Waals surface area contributed by atoms with Crippen LogP contribution in [0.5, 0.6) is 0 Å². The molecule has 0 unspecified atom stereocenters. The molecule has 0 spiro atoms. The average Bonchev–Trinajstić information content (AvgIpc) is 2.39. The van der Waals surface area contributed by atoms with Crippen LogP contribution in [0.1, 0.15) is 16.8 Å². The number of hydrogen-bond donors (Lipinski definition) is 1. The van der Waals surface area contributed by atoms with Crippen molar-refractivity contribution < 1.29 is 4.79 Å². The molecule has 1 aromatic carbocycles. The Balaban J connectivity index is 2.18. The number of nitrogens with one attached hydrogen (secondary N) is 1. The monoisotopic (exact) mass is 270 g/mol. The third-order valence-corrected chi connectivity index (χ3v) is 3.45. The van der Waals surface area contributed by atoms with Gasteiger partial charge in [-0.2, -0.15) is 0 Å². The van der Waals surface area contributed by atoms with Crippen molar-refractivity contribution in [3.05, 3.63) is 63.6 Å². The van der Waals surface area contributed by atoms with Crippen LogP contribution in [-0.2, 0) is 11.3 Å². The lowest BCUT2D eigenvalue weighted by Crippen LogP contribution is -2.28. The molecule has 104 valence electrons. The van der Waals surface area contributed by atoms with E-state index in [-0.39, 0.29) is 18.0 Å². The van der Waals surface area contributed by atoms with E-state index >= 15 is 0 Å². The first kappa shape index (κ1) is 14.1. The van der Waals surface area contributed by atoms with Crippen LogP contribution in [0.3, 0.4) is 0 Å². The second kappa shape index (κ2) is 5.74. The van der Waals surface area contributed by atoms with Gasteiger partial charge in [0.2, 0.25) is 5.91 Å². The molecule has 1 aromatic heterocycles. The van der Waals surface area contributed by atoms with Crippen LogP contribution in [0.4, 0.5) is 5.69 Å². The van der Waals surface area contributed by atoms with E-state index in [0.717, 1.165) is 22.5 Å². The molecule has 0 aliphatic rings. The van der Waals surface area contributed by atoms with Crippen LogP contribution in [0.2, 0.25) is 0 Å². The third kappa shape index (κ3) is 2.96. The molecule has 0 saturated carbocycles. The van der Waals surface area contributed by atoms with Crippen LogP contribution in [0, 0.1) is 20.8 Å². The van der Waals surface area contributed by atoms with Gasteiger partial charge in [-0.3, -0.25) is 9.59 Å². The minimum atomic E-state index is -0.199. The molecule has 0 aliphatic carbocycles. The minimum absolute atomic E-state index is 0.0267. The van der Waals surface area contributed by atoms with Crippen LogP contribution in [0.25, 0.3) is 0 Å². The van der Waals surface area contributed by atoms with Crippen molar-refractivity contribution >= 4 is 11.6 Å². The molecule has 2 aromatic rings. The lowest BCUT2D eigenvalue weighted by Gasteiger charge is -2.12. The Morgan fingerprint density at radius 1 is 1.10 bits per heavy atom. The van der Waals surface area contributed by atoms with Crippen molar-refractivity contribution in [1.82, 2.24) is 4.57 Å². The predicted octanol–water partition coefficient (Wildman–Crippen LogP) is 2.41.